The fraction of sp³-hybridized carbons (Fsp3) is 0.0526. The summed E-state index contributed by atoms with van der Waals surface area (Å²) in [7, 11) is 0. The summed E-state index contributed by atoms with van der Waals surface area (Å²) in [5, 5.41) is 9.20. The van der Waals surface area contributed by atoms with Crippen LogP contribution >= 0.6 is 11.6 Å². The lowest BCUT2D eigenvalue weighted by atomic mass is 10.1. The minimum absolute atomic E-state index is 0.135. The van der Waals surface area contributed by atoms with Gasteiger partial charge in [0, 0.05) is 10.6 Å². The second-order valence-electron chi connectivity index (χ2n) is 4.84. The lowest BCUT2D eigenvalue weighted by Gasteiger charge is -1.98. The highest BCUT2D eigenvalue weighted by Gasteiger charge is 2.02. The second-order valence-corrected chi connectivity index (χ2v) is 5.27. The Morgan fingerprint density at radius 2 is 1.61 bits per heavy atom. The summed E-state index contributed by atoms with van der Waals surface area (Å²) in [5.41, 5.74) is 2.17. The van der Waals surface area contributed by atoms with Crippen molar-refractivity contribution >= 4 is 35.3 Å². The number of carbonyl (C=O) groups is 2. The van der Waals surface area contributed by atoms with Crippen LogP contribution in [0.2, 0.25) is 5.02 Å². The predicted molar refractivity (Wildman–Crippen MR) is 92.4 cm³/mol. The van der Waals surface area contributed by atoms with Gasteiger partial charge >= 0.3 is 0 Å². The summed E-state index contributed by atoms with van der Waals surface area (Å²) in [6, 6.07) is 14.1. The van der Waals surface area contributed by atoms with Crippen LogP contribution in [0.4, 0.5) is 0 Å². The van der Waals surface area contributed by atoms with Gasteiger partial charge in [-0.15, -0.1) is 0 Å². The van der Waals surface area contributed by atoms with Crippen LogP contribution in [0.1, 0.15) is 21.5 Å². The molecule has 1 N–H and O–H groups in total. The van der Waals surface area contributed by atoms with E-state index in [1.807, 2.05) is 24.3 Å². The van der Waals surface area contributed by atoms with E-state index in [1.165, 1.54) is 12.2 Å². The summed E-state index contributed by atoms with van der Waals surface area (Å²) in [6.07, 6.45) is 6.12. The number of carbonyl (C=O) groups excluding carboxylic acids is 2. The minimum Gasteiger partial charge on any atom is -0.388 e. The molecule has 0 amide bonds. The van der Waals surface area contributed by atoms with Crippen LogP contribution in [0.15, 0.2) is 60.7 Å². The predicted octanol–water partition coefficient (Wildman–Crippen LogP) is 3.81. The molecule has 116 valence electrons. The second kappa shape index (κ2) is 8.22. The topological polar surface area (TPSA) is 54.4 Å². The Morgan fingerprint density at radius 1 is 0.957 bits per heavy atom. The molecule has 0 radical (unpaired) electrons. The molecule has 0 bridgehead atoms. The Labute approximate surface area is 139 Å². The third-order valence-corrected chi connectivity index (χ3v) is 3.30. The highest BCUT2D eigenvalue weighted by molar-refractivity contribution is 6.31. The van der Waals surface area contributed by atoms with Crippen molar-refractivity contribution in [3.8, 4) is 0 Å². The van der Waals surface area contributed by atoms with E-state index < -0.39 is 6.61 Å². The van der Waals surface area contributed by atoms with Gasteiger partial charge in [-0.05, 0) is 41.5 Å². The minimum atomic E-state index is -0.510. The first-order valence-corrected chi connectivity index (χ1v) is 7.36. The SMILES string of the molecule is O=C(/C=C/c1cccc(/C=C/C(=O)c2cccc(Cl)c2)c1)CO. The summed E-state index contributed by atoms with van der Waals surface area (Å²) in [4.78, 5) is 23.1. The molecule has 0 aliphatic heterocycles. The van der Waals surface area contributed by atoms with Crippen molar-refractivity contribution in [3.05, 3.63) is 82.4 Å². The van der Waals surface area contributed by atoms with E-state index in [0.717, 1.165) is 11.1 Å². The van der Waals surface area contributed by atoms with E-state index in [1.54, 1.807) is 36.4 Å². The van der Waals surface area contributed by atoms with Gasteiger partial charge < -0.3 is 5.11 Å². The number of rotatable bonds is 6. The molecule has 0 saturated heterocycles. The van der Waals surface area contributed by atoms with Crippen LogP contribution in [0.5, 0.6) is 0 Å². The average molecular weight is 327 g/mol. The van der Waals surface area contributed by atoms with Crippen molar-refractivity contribution in [2.24, 2.45) is 0 Å². The number of ketones is 2. The summed E-state index contributed by atoms with van der Waals surface area (Å²) in [6.45, 7) is -0.510. The fourth-order valence-electron chi connectivity index (χ4n) is 1.92. The molecule has 0 aliphatic carbocycles. The van der Waals surface area contributed by atoms with Crippen molar-refractivity contribution in [2.45, 2.75) is 0 Å². The molecule has 2 rings (SSSR count). The van der Waals surface area contributed by atoms with Crippen LogP contribution in [-0.4, -0.2) is 23.3 Å². The molecule has 0 saturated carbocycles. The first-order valence-electron chi connectivity index (χ1n) is 6.98. The van der Waals surface area contributed by atoms with Gasteiger partial charge in [0.05, 0.1) is 0 Å². The maximum atomic E-state index is 12.1. The standard InChI is InChI=1S/C19H15ClO3/c20-17-6-2-5-16(12-17)19(23)10-8-15-4-1-3-14(11-15)7-9-18(22)13-21/h1-12,21H,13H2/b9-7+,10-8+. The van der Waals surface area contributed by atoms with Crippen LogP contribution in [0.25, 0.3) is 12.2 Å². The van der Waals surface area contributed by atoms with Crippen molar-refractivity contribution < 1.29 is 14.7 Å². The van der Waals surface area contributed by atoms with Crippen LogP contribution in [0.3, 0.4) is 0 Å². The number of allylic oxidation sites excluding steroid dienone is 1. The fourth-order valence-corrected chi connectivity index (χ4v) is 2.11. The zero-order valence-electron chi connectivity index (χ0n) is 12.3. The Hall–Kier alpha value is -2.49. The maximum Gasteiger partial charge on any atom is 0.185 e. The monoisotopic (exact) mass is 326 g/mol. The molecule has 0 heterocycles. The average Bonchev–Trinajstić information content (AvgIpc) is 2.58. The van der Waals surface area contributed by atoms with E-state index in [2.05, 4.69) is 0 Å². The molecule has 0 atom stereocenters. The van der Waals surface area contributed by atoms with Gasteiger partial charge in [-0.25, -0.2) is 0 Å². The number of benzene rings is 2. The van der Waals surface area contributed by atoms with Crippen molar-refractivity contribution in [3.63, 3.8) is 0 Å². The molecule has 2 aromatic carbocycles. The van der Waals surface area contributed by atoms with E-state index in [4.69, 9.17) is 16.7 Å². The van der Waals surface area contributed by atoms with E-state index in [-0.39, 0.29) is 11.6 Å². The molecule has 3 nitrogen and oxygen atoms in total. The number of hydrogen-bond acceptors (Lipinski definition) is 3. The van der Waals surface area contributed by atoms with Crippen LogP contribution in [0, 0.1) is 0 Å². The number of aliphatic hydroxyl groups excluding tert-OH is 1. The number of aliphatic hydroxyl groups is 1. The Bertz CT molecular complexity index is 776. The first-order chi connectivity index (χ1) is 11.1. The van der Waals surface area contributed by atoms with E-state index >= 15 is 0 Å². The summed E-state index contributed by atoms with van der Waals surface area (Å²) >= 11 is 5.87. The first kappa shape index (κ1) is 16.9. The summed E-state index contributed by atoms with van der Waals surface area (Å²) < 4.78 is 0. The lowest BCUT2D eigenvalue weighted by Crippen LogP contribution is -1.97. The third kappa shape index (κ3) is 5.33. The molecule has 23 heavy (non-hydrogen) atoms. The molecule has 0 fully saturated rings. The number of halogens is 1. The highest BCUT2D eigenvalue weighted by Crippen LogP contribution is 2.13. The Balaban J connectivity index is 2.12. The van der Waals surface area contributed by atoms with Crippen molar-refractivity contribution in [1.29, 1.82) is 0 Å². The van der Waals surface area contributed by atoms with Crippen LogP contribution < -0.4 is 0 Å². The molecule has 0 aliphatic rings. The van der Waals surface area contributed by atoms with Gasteiger partial charge in [-0.2, -0.15) is 0 Å². The Morgan fingerprint density at radius 3 is 2.26 bits per heavy atom. The molecule has 0 aromatic heterocycles. The molecule has 0 unspecified atom stereocenters. The maximum absolute atomic E-state index is 12.1. The van der Waals surface area contributed by atoms with Gasteiger partial charge in [0.15, 0.2) is 11.6 Å². The van der Waals surface area contributed by atoms with Gasteiger partial charge in [-0.1, -0.05) is 54.1 Å². The van der Waals surface area contributed by atoms with E-state index in [9.17, 15) is 9.59 Å². The Kier molecular flexibility index (Phi) is 6.03. The van der Waals surface area contributed by atoms with E-state index in [0.29, 0.717) is 10.6 Å². The number of hydrogen-bond donors (Lipinski definition) is 1. The highest BCUT2D eigenvalue weighted by atomic mass is 35.5. The summed E-state index contributed by atoms with van der Waals surface area (Å²) in [5.74, 6) is -0.494. The molecule has 4 heteroatoms. The van der Waals surface area contributed by atoms with Gasteiger partial charge in [0.25, 0.3) is 0 Å². The lowest BCUT2D eigenvalue weighted by molar-refractivity contribution is -0.117. The van der Waals surface area contributed by atoms with Gasteiger partial charge in [0.2, 0.25) is 0 Å². The quantitative estimate of drug-likeness (QED) is 0.648. The largest absolute Gasteiger partial charge is 0.388 e. The van der Waals surface area contributed by atoms with Gasteiger partial charge in [0.1, 0.15) is 6.61 Å². The third-order valence-electron chi connectivity index (χ3n) is 3.06. The van der Waals surface area contributed by atoms with Gasteiger partial charge in [-0.3, -0.25) is 9.59 Å². The van der Waals surface area contributed by atoms with Crippen molar-refractivity contribution in [2.75, 3.05) is 6.61 Å². The molecular weight excluding hydrogens is 312 g/mol. The molecular formula is C19H15ClO3. The molecule has 0 spiro atoms. The zero-order valence-corrected chi connectivity index (χ0v) is 13.0. The smallest absolute Gasteiger partial charge is 0.185 e. The van der Waals surface area contributed by atoms with Crippen LogP contribution in [-0.2, 0) is 4.79 Å². The normalized spacial score (nSPS) is 11.2. The zero-order chi connectivity index (χ0) is 16.7. The van der Waals surface area contributed by atoms with Crippen molar-refractivity contribution in [1.82, 2.24) is 0 Å². The molecule has 2 aromatic rings.